The van der Waals surface area contributed by atoms with Crippen LogP contribution in [0.5, 0.6) is 0 Å². The van der Waals surface area contributed by atoms with Crippen LogP contribution in [0.15, 0.2) is 35.2 Å². The van der Waals surface area contributed by atoms with Crippen LogP contribution in [0.2, 0.25) is 0 Å². The van der Waals surface area contributed by atoms with Crippen molar-refractivity contribution in [2.45, 2.75) is 37.0 Å². The van der Waals surface area contributed by atoms with Crippen LogP contribution in [0.1, 0.15) is 32.1 Å². The van der Waals surface area contributed by atoms with E-state index < -0.39 is 10.0 Å². The van der Waals surface area contributed by atoms with E-state index in [2.05, 4.69) is 5.43 Å². The van der Waals surface area contributed by atoms with Crippen molar-refractivity contribution in [1.82, 2.24) is 14.7 Å². The Balaban J connectivity index is 1.54. The SMILES string of the molecule is COC(=O)C1CCCN(NC(=O)CC2CCCN(S(=O)(=O)c3ccccc3)C2)C1. The summed E-state index contributed by atoms with van der Waals surface area (Å²) in [5, 5.41) is 1.77. The van der Waals surface area contributed by atoms with E-state index in [0.29, 0.717) is 26.2 Å². The monoisotopic (exact) mass is 423 g/mol. The van der Waals surface area contributed by atoms with Gasteiger partial charge in [-0.1, -0.05) is 18.2 Å². The van der Waals surface area contributed by atoms with Gasteiger partial charge in [-0.05, 0) is 43.7 Å². The van der Waals surface area contributed by atoms with Crippen LogP contribution >= 0.6 is 0 Å². The number of benzene rings is 1. The Bertz CT molecular complexity index is 815. The first-order valence-electron chi connectivity index (χ1n) is 10.1. The average molecular weight is 424 g/mol. The van der Waals surface area contributed by atoms with Crippen molar-refractivity contribution >= 4 is 21.9 Å². The van der Waals surface area contributed by atoms with E-state index in [-0.39, 0.29) is 35.0 Å². The van der Waals surface area contributed by atoms with E-state index in [4.69, 9.17) is 4.74 Å². The van der Waals surface area contributed by atoms with E-state index in [1.807, 2.05) is 0 Å². The fraction of sp³-hybridized carbons (Fsp3) is 0.600. The zero-order chi connectivity index (χ0) is 20.9. The molecule has 0 bridgehead atoms. The van der Waals surface area contributed by atoms with Gasteiger partial charge in [0.2, 0.25) is 15.9 Å². The first kappa shape index (κ1) is 21.7. The van der Waals surface area contributed by atoms with Gasteiger partial charge in [0.05, 0.1) is 17.9 Å². The zero-order valence-electron chi connectivity index (χ0n) is 16.7. The van der Waals surface area contributed by atoms with Gasteiger partial charge < -0.3 is 4.74 Å². The van der Waals surface area contributed by atoms with Gasteiger partial charge in [0.25, 0.3) is 0 Å². The molecule has 2 aliphatic rings. The molecule has 160 valence electrons. The smallest absolute Gasteiger partial charge is 0.310 e. The summed E-state index contributed by atoms with van der Waals surface area (Å²) in [4.78, 5) is 24.5. The van der Waals surface area contributed by atoms with Gasteiger partial charge in [0.15, 0.2) is 0 Å². The number of carbonyl (C=O) groups excluding carboxylic acids is 2. The Hall–Kier alpha value is -1.97. The highest BCUT2D eigenvalue weighted by molar-refractivity contribution is 7.89. The molecule has 0 saturated carbocycles. The maximum atomic E-state index is 12.8. The predicted octanol–water partition coefficient (Wildman–Crippen LogP) is 1.39. The van der Waals surface area contributed by atoms with Gasteiger partial charge in [-0.2, -0.15) is 4.31 Å². The standard InChI is InChI=1S/C20H29N3O5S/c1-28-20(25)17-8-6-11-22(15-17)21-19(24)13-16-7-5-12-23(14-16)29(26,27)18-9-3-2-4-10-18/h2-4,9-10,16-17H,5-8,11-15H2,1H3,(H,21,24). The van der Waals surface area contributed by atoms with Gasteiger partial charge in [0, 0.05) is 32.6 Å². The van der Waals surface area contributed by atoms with E-state index in [0.717, 1.165) is 25.7 Å². The van der Waals surface area contributed by atoms with Crippen LogP contribution in [0, 0.1) is 11.8 Å². The van der Waals surface area contributed by atoms with Crippen molar-refractivity contribution in [1.29, 1.82) is 0 Å². The first-order valence-corrected chi connectivity index (χ1v) is 11.5. The van der Waals surface area contributed by atoms with Gasteiger partial charge >= 0.3 is 5.97 Å². The molecular weight excluding hydrogens is 394 g/mol. The lowest BCUT2D eigenvalue weighted by atomic mass is 9.96. The summed E-state index contributed by atoms with van der Waals surface area (Å²) >= 11 is 0. The van der Waals surface area contributed by atoms with Gasteiger partial charge in [0.1, 0.15) is 0 Å². The molecule has 3 rings (SSSR count). The summed E-state index contributed by atoms with van der Waals surface area (Å²) in [5.74, 6) is -0.642. The number of amides is 1. The lowest BCUT2D eigenvalue weighted by Gasteiger charge is -2.34. The molecule has 0 radical (unpaired) electrons. The van der Waals surface area contributed by atoms with Crippen molar-refractivity contribution in [2.24, 2.45) is 11.8 Å². The summed E-state index contributed by atoms with van der Waals surface area (Å²) in [5.41, 5.74) is 2.88. The highest BCUT2D eigenvalue weighted by Gasteiger charge is 2.32. The second kappa shape index (κ2) is 9.69. The van der Waals surface area contributed by atoms with Gasteiger partial charge in [-0.3, -0.25) is 15.0 Å². The molecule has 1 aromatic carbocycles. The van der Waals surface area contributed by atoms with Crippen LogP contribution in [0.3, 0.4) is 0 Å². The molecule has 9 heteroatoms. The van der Waals surface area contributed by atoms with Crippen molar-refractivity contribution < 1.29 is 22.7 Å². The van der Waals surface area contributed by atoms with Gasteiger partial charge in [-0.15, -0.1) is 0 Å². The molecule has 2 unspecified atom stereocenters. The quantitative estimate of drug-likeness (QED) is 0.695. The minimum absolute atomic E-state index is 0.0246. The molecule has 1 N–H and O–H groups in total. The number of hydrazine groups is 1. The number of esters is 1. The van der Waals surface area contributed by atoms with Crippen LogP contribution in [0.4, 0.5) is 0 Å². The maximum absolute atomic E-state index is 12.8. The number of ether oxygens (including phenoxy) is 1. The molecule has 2 aliphatic heterocycles. The zero-order valence-corrected chi connectivity index (χ0v) is 17.6. The number of piperidine rings is 2. The average Bonchev–Trinajstić information content (AvgIpc) is 2.74. The second-order valence-corrected chi connectivity index (χ2v) is 9.67. The third-order valence-electron chi connectivity index (χ3n) is 5.58. The Kier molecular flexibility index (Phi) is 7.26. The Morgan fingerprint density at radius 2 is 1.83 bits per heavy atom. The summed E-state index contributed by atoms with van der Waals surface area (Å²) in [7, 11) is -2.16. The number of sulfonamides is 1. The molecule has 1 aromatic rings. The number of carbonyl (C=O) groups is 2. The summed E-state index contributed by atoms with van der Waals surface area (Å²) in [6.45, 7) is 1.95. The van der Waals surface area contributed by atoms with Crippen molar-refractivity contribution in [3.05, 3.63) is 30.3 Å². The number of methoxy groups -OCH3 is 1. The number of rotatable bonds is 6. The lowest BCUT2D eigenvalue weighted by molar-refractivity contribution is -0.149. The molecule has 0 aromatic heterocycles. The molecule has 2 atom stereocenters. The normalized spacial score (nSPS) is 24.0. The van der Waals surface area contributed by atoms with Gasteiger partial charge in [-0.25, -0.2) is 13.4 Å². The molecule has 8 nitrogen and oxygen atoms in total. The first-order chi connectivity index (χ1) is 13.9. The van der Waals surface area contributed by atoms with E-state index in [1.165, 1.54) is 11.4 Å². The summed E-state index contributed by atoms with van der Waals surface area (Å²) < 4.78 is 32.0. The minimum atomic E-state index is -3.54. The molecular formula is C20H29N3O5S. The number of hydrogen-bond acceptors (Lipinski definition) is 6. The van der Waals surface area contributed by atoms with E-state index >= 15 is 0 Å². The van der Waals surface area contributed by atoms with E-state index in [1.54, 1.807) is 35.3 Å². The van der Waals surface area contributed by atoms with Crippen molar-refractivity contribution in [2.75, 3.05) is 33.3 Å². The van der Waals surface area contributed by atoms with Crippen LogP contribution in [0.25, 0.3) is 0 Å². The highest BCUT2D eigenvalue weighted by atomic mass is 32.2. The van der Waals surface area contributed by atoms with Crippen LogP contribution < -0.4 is 5.43 Å². The Morgan fingerprint density at radius 3 is 2.55 bits per heavy atom. The minimum Gasteiger partial charge on any atom is -0.469 e. The molecule has 2 fully saturated rings. The maximum Gasteiger partial charge on any atom is 0.310 e. The largest absolute Gasteiger partial charge is 0.469 e. The molecule has 1 amide bonds. The number of hydrogen-bond donors (Lipinski definition) is 1. The third-order valence-corrected chi connectivity index (χ3v) is 7.45. The molecule has 2 heterocycles. The van der Waals surface area contributed by atoms with Crippen LogP contribution in [-0.2, 0) is 24.3 Å². The van der Waals surface area contributed by atoms with E-state index in [9.17, 15) is 18.0 Å². The molecule has 0 spiro atoms. The Morgan fingerprint density at radius 1 is 1.10 bits per heavy atom. The Labute approximate surface area is 172 Å². The summed E-state index contributed by atoms with van der Waals surface area (Å²) in [6, 6.07) is 8.40. The van der Waals surface area contributed by atoms with Crippen LogP contribution in [-0.4, -0.2) is 62.9 Å². The molecule has 0 aliphatic carbocycles. The number of nitrogens with one attached hydrogen (secondary N) is 1. The number of nitrogens with zero attached hydrogens (tertiary/aromatic N) is 2. The topological polar surface area (TPSA) is 96.0 Å². The van der Waals surface area contributed by atoms with Crippen molar-refractivity contribution in [3.8, 4) is 0 Å². The fourth-order valence-electron chi connectivity index (χ4n) is 4.08. The van der Waals surface area contributed by atoms with Crippen molar-refractivity contribution in [3.63, 3.8) is 0 Å². The lowest BCUT2D eigenvalue weighted by Crippen LogP contribution is -2.50. The predicted molar refractivity (Wildman–Crippen MR) is 107 cm³/mol. The second-order valence-electron chi connectivity index (χ2n) is 7.73. The summed E-state index contributed by atoms with van der Waals surface area (Å²) in [6.07, 6.45) is 3.39. The fourth-order valence-corrected chi connectivity index (χ4v) is 5.65. The third kappa shape index (κ3) is 5.55. The highest BCUT2D eigenvalue weighted by Crippen LogP contribution is 2.25. The molecule has 2 saturated heterocycles. The molecule has 29 heavy (non-hydrogen) atoms.